The number of benzene rings is 3. The second kappa shape index (κ2) is 10.2. The lowest BCUT2D eigenvalue weighted by Crippen LogP contribution is -2.45. The number of non-ortho nitro benzene ring substituents is 1. The van der Waals surface area contributed by atoms with Gasteiger partial charge >= 0.3 is 0 Å². The number of aromatic nitrogens is 2. The molecule has 1 atom stereocenters. The highest BCUT2D eigenvalue weighted by atomic mass is 31.2. The van der Waals surface area contributed by atoms with Crippen molar-refractivity contribution in [2.75, 3.05) is 33.4 Å². The van der Waals surface area contributed by atoms with E-state index in [0.29, 0.717) is 32.0 Å². The lowest BCUT2D eigenvalue weighted by Gasteiger charge is -2.46. The van der Waals surface area contributed by atoms with Gasteiger partial charge in [0.15, 0.2) is 13.2 Å². The van der Waals surface area contributed by atoms with Crippen LogP contribution in [0.1, 0.15) is 11.3 Å². The molecule has 0 saturated carbocycles. The average Bonchev–Trinajstić information content (AvgIpc) is 3.32. The summed E-state index contributed by atoms with van der Waals surface area (Å²) in [5.74, 6) is 1.55. The number of ether oxygens (including phenoxy) is 1. The van der Waals surface area contributed by atoms with E-state index in [0.717, 1.165) is 33.9 Å². The maximum Gasteiger partial charge on any atom is 0.269 e. The van der Waals surface area contributed by atoms with E-state index in [1.807, 2.05) is 67.2 Å². The highest BCUT2D eigenvalue weighted by molar-refractivity contribution is 7.70. The molecular formula is C28H28N7O3P. The zero-order chi connectivity index (χ0) is 27.0. The van der Waals surface area contributed by atoms with Crippen LogP contribution in [-0.2, 0) is 4.74 Å². The quantitative estimate of drug-likeness (QED) is 0.190. The zero-order valence-corrected chi connectivity index (χ0v) is 22.6. The highest BCUT2D eigenvalue weighted by Crippen LogP contribution is 2.61. The molecule has 3 heterocycles. The molecule has 0 bridgehead atoms. The number of aryl methyl sites for hydroxylation is 1. The Balaban J connectivity index is 1.68. The molecule has 11 heteroatoms. The number of hydrogen-bond acceptors (Lipinski definition) is 6. The Bertz CT molecular complexity index is 1600. The molecule has 39 heavy (non-hydrogen) atoms. The first-order valence-electron chi connectivity index (χ1n) is 12.7. The van der Waals surface area contributed by atoms with Crippen LogP contribution in [0.5, 0.6) is 0 Å². The molecule has 2 aliphatic rings. The fourth-order valence-electron chi connectivity index (χ4n) is 5.15. The Morgan fingerprint density at radius 3 is 2.23 bits per heavy atom. The smallest absolute Gasteiger partial charge is 0.269 e. The molecule has 1 saturated heterocycles. The number of fused-ring (bicyclic) bond motifs is 1. The fourth-order valence-corrected chi connectivity index (χ4v) is 8.96. The molecule has 0 radical (unpaired) electrons. The number of amidine groups is 1. The fraction of sp³-hybridized carbons (Fsp3) is 0.214. The number of para-hydroxylation sites is 1. The van der Waals surface area contributed by atoms with Crippen molar-refractivity contribution in [1.29, 1.82) is 0 Å². The molecule has 0 amide bonds. The first kappa shape index (κ1) is 25.2. The van der Waals surface area contributed by atoms with Crippen molar-refractivity contribution in [1.82, 2.24) is 19.1 Å². The van der Waals surface area contributed by atoms with Gasteiger partial charge in [-0.1, -0.05) is 48.5 Å². The van der Waals surface area contributed by atoms with Crippen LogP contribution in [-0.4, -0.2) is 63.2 Å². The van der Waals surface area contributed by atoms with Gasteiger partial charge in [-0.15, -0.1) is 0 Å². The Hall–Kier alpha value is -4.11. The number of nitro benzene ring substituents is 1. The molecular weight excluding hydrogens is 513 g/mol. The molecule has 0 unspecified atom stereocenters. The van der Waals surface area contributed by atoms with Crippen molar-refractivity contribution >= 4 is 35.7 Å². The van der Waals surface area contributed by atoms with Crippen LogP contribution in [0.4, 0.5) is 17.2 Å². The van der Waals surface area contributed by atoms with E-state index in [-0.39, 0.29) is 5.69 Å². The van der Waals surface area contributed by atoms with Crippen molar-refractivity contribution in [3.05, 3.63) is 106 Å². The number of morpholine rings is 1. The largest absolute Gasteiger partial charge is 0.379 e. The van der Waals surface area contributed by atoms with Crippen molar-refractivity contribution in [3.8, 4) is 5.69 Å². The van der Waals surface area contributed by atoms with Crippen LogP contribution in [0.2, 0.25) is 0 Å². The molecule has 10 nitrogen and oxygen atoms in total. The van der Waals surface area contributed by atoms with Gasteiger partial charge in [-0.25, -0.2) is 19.1 Å². The van der Waals surface area contributed by atoms with Crippen molar-refractivity contribution < 1.29 is 9.66 Å². The second-order valence-corrected chi connectivity index (χ2v) is 12.3. The van der Waals surface area contributed by atoms with Crippen molar-refractivity contribution in [2.24, 2.45) is 9.74 Å². The Kier molecular flexibility index (Phi) is 6.60. The van der Waals surface area contributed by atoms with E-state index in [1.54, 1.807) is 12.1 Å². The van der Waals surface area contributed by atoms with E-state index >= 15 is 0 Å². The second-order valence-electron chi connectivity index (χ2n) is 9.34. The maximum absolute atomic E-state index is 11.3. The normalized spacial score (nSPS) is 19.3. The molecule has 0 spiro atoms. The van der Waals surface area contributed by atoms with Crippen LogP contribution in [0.15, 0.2) is 94.7 Å². The number of nitro groups is 1. The van der Waals surface area contributed by atoms with Gasteiger partial charge in [0.25, 0.3) is 5.69 Å². The minimum Gasteiger partial charge on any atom is -0.379 e. The van der Waals surface area contributed by atoms with Crippen molar-refractivity contribution in [3.63, 3.8) is 0 Å². The summed E-state index contributed by atoms with van der Waals surface area (Å²) in [5, 5.41) is 17.3. The van der Waals surface area contributed by atoms with E-state index in [1.165, 1.54) is 12.1 Å². The van der Waals surface area contributed by atoms with Crippen LogP contribution in [0.25, 0.3) is 5.69 Å². The van der Waals surface area contributed by atoms with Gasteiger partial charge in [0, 0.05) is 37.8 Å². The van der Waals surface area contributed by atoms with E-state index in [2.05, 4.69) is 21.5 Å². The molecule has 0 N–H and O–H groups in total. The van der Waals surface area contributed by atoms with Crippen LogP contribution < -0.4 is 5.30 Å². The Morgan fingerprint density at radius 1 is 0.949 bits per heavy atom. The predicted octanol–water partition coefficient (Wildman–Crippen LogP) is 5.43. The Morgan fingerprint density at radius 2 is 1.59 bits per heavy atom. The van der Waals surface area contributed by atoms with Gasteiger partial charge in [0.1, 0.15) is 5.84 Å². The van der Waals surface area contributed by atoms with Crippen LogP contribution in [0, 0.1) is 17.0 Å². The minimum absolute atomic E-state index is 0.0324. The van der Waals surface area contributed by atoms with Gasteiger partial charge in [-0.05, 0) is 31.2 Å². The third kappa shape index (κ3) is 4.36. The molecule has 3 aromatic carbocycles. The molecule has 4 aromatic rings. The zero-order valence-electron chi connectivity index (χ0n) is 21.7. The standard InChI is InChI=1S/C28H28N7O3P/c1-21-26-28(34(30-21)24-11-7-4-8-12-24)29-27(22-9-5-3-6-10-22)32(2)39(26,33-17-19-38-20-18-33)31-23-13-15-25(16-14-23)35(36)37/h3-16H,17-20H2,1-2H3/t39-/m1/s1. The van der Waals surface area contributed by atoms with E-state index in [9.17, 15) is 10.1 Å². The molecule has 0 aliphatic carbocycles. The summed E-state index contributed by atoms with van der Waals surface area (Å²) in [6, 6.07) is 26.5. The minimum atomic E-state index is -2.74. The third-order valence-electron chi connectivity index (χ3n) is 6.97. The average molecular weight is 542 g/mol. The van der Waals surface area contributed by atoms with Gasteiger partial charge < -0.3 is 9.41 Å². The first-order valence-corrected chi connectivity index (χ1v) is 14.4. The van der Waals surface area contributed by atoms with Crippen LogP contribution in [0.3, 0.4) is 0 Å². The SMILES string of the molecule is Cc1nn(-c2ccccc2)c2c1[P@](=Nc1ccc([N+](=O)[O-])cc1)(N1CCOCC1)N(C)C(c1ccccc1)=N2. The number of aliphatic imine (C=N–C) groups is 1. The number of nitrogens with zero attached hydrogens (tertiary/aromatic N) is 7. The lowest BCUT2D eigenvalue weighted by molar-refractivity contribution is -0.384. The van der Waals surface area contributed by atoms with Gasteiger partial charge in [-0.3, -0.25) is 10.1 Å². The first-order chi connectivity index (χ1) is 19.0. The summed E-state index contributed by atoms with van der Waals surface area (Å²) < 4.78 is 17.8. The number of rotatable bonds is 5. The molecule has 1 fully saturated rings. The summed E-state index contributed by atoms with van der Waals surface area (Å²) in [6.07, 6.45) is 0. The summed E-state index contributed by atoms with van der Waals surface area (Å²) in [5.41, 5.74) is 3.44. The molecule has 1 aromatic heterocycles. The lowest BCUT2D eigenvalue weighted by atomic mass is 10.2. The molecule has 198 valence electrons. The predicted molar refractivity (Wildman–Crippen MR) is 153 cm³/mol. The van der Waals surface area contributed by atoms with Crippen molar-refractivity contribution in [2.45, 2.75) is 6.92 Å². The summed E-state index contributed by atoms with van der Waals surface area (Å²) in [4.78, 5) is 16.2. The van der Waals surface area contributed by atoms with E-state index in [4.69, 9.17) is 19.6 Å². The topological polar surface area (TPSA) is 101 Å². The van der Waals surface area contributed by atoms with Crippen LogP contribution >= 0.6 is 7.36 Å². The summed E-state index contributed by atoms with van der Waals surface area (Å²) in [6.45, 7) is 4.56. The van der Waals surface area contributed by atoms with Gasteiger partial charge in [0.05, 0.1) is 40.5 Å². The maximum atomic E-state index is 11.3. The molecule has 2 aliphatic heterocycles. The third-order valence-corrected chi connectivity index (χ3v) is 10.8. The summed E-state index contributed by atoms with van der Waals surface area (Å²) in [7, 11) is -0.691. The van der Waals surface area contributed by atoms with E-state index < -0.39 is 12.3 Å². The highest BCUT2D eigenvalue weighted by Gasteiger charge is 2.45. The Labute approximate surface area is 226 Å². The molecule has 6 rings (SSSR count). The van der Waals surface area contributed by atoms with Gasteiger partial charge in [-0.2, -0.15) is 5.10 Å². The van der Waals surface area contributed by atoms with Gasteiger partial charge in [0.2, 0.25) is 0 Å². The number of hydrogen-bond donors (Lipinski definition) is 0. The summed E-state index contributed by atoms with van der Waals surface area (Å²) >= 11 is 0. The monoisotopic (exact) mass is 541 g/mol.